The number of nitrogens with one attached hydrogen (secondary N) is 1. The molecule has 0 radical (unpaired) electrons. The fourth-order valence-electron chi connectivity index (χ4n) is 1.61. The molecule has 2 aromatic rings. The average molecular weight is 301 g/mol. The van der Waals surface area contributed by atoms with Crippen LogP contribution < -0.4 is 0 Å². The third kappa shape index (κ3) is 3.83. The largest absolute Gasteiger partial charge is 0.455 e. The van der Waals surface area contributed by atoms with Gasteiger partial charge in [-0.1, -0.05) is 11.8 Å². The number of hydrogen-bond acceptors (Lipinski definition) is 4. The van der Waals surface area contributed by atoms with Crippen LogP contribution in [0.2, 0.25) is 0 Å². The van der Waals surface area contributed by atoms with Crippen LogP contribution in [0.1, 0.15) is 21.9 Å². The predicted octanol–water partition coefficient (Wildman–Crippen LogP) is 2.73. The van der Waals surface area contributed by atoms with Gasteiger partial charge in [0.15, 0.2) is 5.76 Å². The van der Waals surface area contributed by atoms with Crippen LogP contribution >= 0.6 is 11.8 Å². The molecule has 0 atom stereocenters. The number of furan rings is 1. The highest BCUT2D eigenvalue weighted by Crippen LogP contribution is 2.21. The van der Waals surface area contributed by atoms with Crippen LogP contribution in [0.4, 0.5) is 8.78 Å². The minimum Gasteiger partial charge on any atom is -0.455 e. The molecule has 0 bridgehead atoms. The van der Waals surface area contributed by atoms with E-state index in [0.29, 0.717) is 24.1 Å². The standard InChI is InChI=1S/C12H13F2N3O2S/c1-17(6-8-4-15-16-5-8)11(18)10-3-2-9(19-10)7-20-12(13)14/h2-5,12H,6-7H2,1H3,(H,15,16). The highest BCUT2D eigenvalue weighted by Gasteiger charge is 2.17. The first-order chi connectivity index (χ1) is 9.56. The second-order valence-electron chi connectivity index (χ2n) is 4.11. The summed E-state index contributed by atoms with van der Waals surface area (Å²) in [6.07, 6.45) is 3.31. The molecular formula is C12H13F2N3O2S. The zero-order chi connectivity index (χ0) is 14.5. The summed E-state index contributed by atoms with van der Waals surface area (Å²) in [5, 5.41) is 6.45. The van der Waals surface area contributed by atoms with Gasteiger partial charge in [-0.3, -0.25) is 9.89 Å². The summed E-state index contributed by atoms with van der Waals surface area (Å²) in [6.45, 7) is 0.386. The van der Waals surface area contributed by atoms with E-state index in [0.717, 1.165) is 5.56 Å². The number of rotatable bonds is 6. The summed E-state index contributed by atoms with van der Waals surface area (Å²) in [4.78, 5) is 13.5. The fourth-order valence-corrected chi connectivity index (χ4v) is 2.06. The van der Waals surface area contributed by atoms with Gasteiger partial charge < -0.3 is 9.32 Å². The number of nitrogens with zero attached hydrogens (tertiary/aromatic N) is 2. The van der Waals surface area contributed by atoms with Gasteiger partial charge in [0, 0.05) is 25.4 Å². The van der Waals surface area contributed by atoms with Crippen LogP contribution in [-0.2, 0) is 12.3 Å². The number of aromatic amines is 1. The van der Waals surface area contributed by atoms with E-state index in [1.165, 1.54) is 17.0 Å². The van der Waals surface area contributed by atoms with Gasteiger partial charge in [-0.15, -0.1) is 0 Å². The summed E-state index contributed by atoms with van der Waals surface area (Å²) in [5.74, 6) is -2.23. The van der Waals surface area contributed by atoms with Gasteiger partial charge in [0.1, 0.15) is 5.76 Å². The molecule has 0 saturated carbocycles. The Morgan fingerprint density at radius 3 is 3.00 bits per heavy atom. The zero-order valence-electron chi connectivity index (χ0n) is 10.7. The molecule has 0 aliphatic rings. The number of halogens is 2. The topological polar surface area (TPSA) is 62.1 Å². The minimum absolute atomic E-state index is 0.0381. The van der Waals surface area contributed by atoms with Crippen LogP contribution in [0, 0.1) is 0 Å². The Hall–Kier alpha value is -1.83. The molecule has 0 aromatic carbocycles. The van der Waals surface area contributed by atoms with E-state index >= 15 is 0 Å². The fraction of sp³-hybridized carbons (Fsp3) is 0.333. The molecule has 0 saturated heterocycles. The lowest BCUT2D eigenvalue weighted by Gasteiger charge is -2.14. The number of carbonyl (C=O) groups excluding carboxylic acids is 1. The molecule has 0 aliphatic heterocycles. The molecule has 1 amide bonds. The summed E-state index contributed by atoms with van der Waals surface area (Å²) in [6, 6.07) is 3.03. The van der Waals surface area contributed by atoms with E-state index in [2.05, 4.69) is 10.2 Å². The Kier molecular flexibility index (Phi) is 4.78. The average Bonchev–Trinajstić information content (AvgIpc) is 3.06. The van der Waals surface area contributed by atoms with Crippen molar-refractivity contribution < 1.29 is 18.0 Å². The Balaban J connectivity index is 1.94. The maximum absolute atomic E-state index is 12.1. The Bertz CT molecular complexity index is 557. The molecule has 0 spiro atoms. The van der Waals surface area contributed by atoms with Gasteiger partial charge >= 0.3 is 0 Å². The zero-order valence-corrected chi connectivity index (χ0v) is 11.5. The van der Waals surface area contributed by atoms with Gasteiger partial charge in [0.05, 0.1) is 11.9 Å². The third-order valence-electron chi connectivity index (χ3n) is 2.55. The second kappa shape index (κ2) is 6.56. The van der Waals surface area contributed by atoms with Crippen molar-refractivity contribution in [1.29, 1.82) is 0 Å². The molecule has 20 heavy (non-hydrogen) atoms. The maximum atomic E-state index is 12.1. The van der Waals surface area contributed by atoms with Crippen molar-refractivity contribution in [3.63, 3.8) is 0 Å². The summed E-state index contributed by atoms with van der Waals surface area (Å²) >= 11 is 0.457. The van der Waals surface area contributed by atoms with Crippen molar-refractivity contribution in [3.8, 4) is 0 Å². The van der Waals surface area contributed by atoms with Gasteiger partial charge in [-0.2, -0.15) is 13.9 Å². The third-order valence-corrected chi connectivity index (χ3v) is 3.25. The Morgan fingerprint density at radius 1 is 1.55 bits per heavy atom. The monoisotopic (exact) mass is 301 g/mol. The molecule has 5 nitrogen and oxygen atoms in total. The van der Waals surface area contributed by atoms with E-state index < -0.39 is 5.76 Å². The highest BCUT2D eigenvalue weighted by atomic mass is 32.2. The van der Waals surface area contributed by atoms with E-state index in [9.17, 15) is 13.6 Å². The van der Waals surface area contributed by atoms with Crippen LogP contribution in [-0.4, -0.2) is 33.8 Å². The van der Waals surface area contributed by atoms with Crippen LogP contribution in [0.15, 0.2) is 28.9 Å². The molecule has 1 N–H and O–H groups in total. The van der Waals surface area contributed by atoms with Crippen molar-refractivity contribution >= 4 is 17.7 Å². The lowest BCUT2D eigenvalue weighted by atomic mass is 10.3. The molecular weight excluding hydrogens is 288 g/mol. The van der Waals surface area contributed by atoms with Crippen molar-refractivity contribution in [3.05, 3.63) is 41.6 Å². The molecule has 108 valence electrons. The lowest BCUT2D eigenvalue weighted by molar-refractivity contribution is 0.0752. The maximum Gasteiger partial charge on any atom is 0.289 e. The van der Waals surface area contributed by atoms with Crippen LogP contribution in [0.5, 0.6) is 0 Å². The number of H-pyrrole nitrogens is 1. The van der Waals surface area contributed by atoms with Gasteiger partial charge in [0.25, 0.3) is 11.7 Å². The predicted molar refractivity (Wildman–Crippen MR) is 70.4 cm³/mol. The SMILES string of the molecule is CN(Cc1cn[nH]c1)C(=O)c1ccc(CSC(F)F)o1. The molecule has 0 fully saturated rings. The molecule has 8 heteroatoms. The van der Waals surface area contributed by atoms with Crippen LogP contribution in [0.3, 0.4) is 0 Å². The molecule has 0 unspecified atom stereocenters. The molecule has 2 heterocycles. The van der Waals surface area contributed by atoms with Crippen molar-refractivity contribution in [2.75, 3.05) is 7.05 Å². The Morgan fingerprint density at radius 2 is 2.35 bits per heavy atom. The van der Waals surface area contributed by atoms with Crippen LogP contribution in [0.25, 0.3) is 0 Å². The first-order valence-electron chi connectivity index (χ1n) is 5.78. The second-order valence-corrected chi connectivity index (χ2v) is 5.08. The van der Waals surface area contributed by atoms with E-state index in [-0.39, 0.29) is 17.4 Å². The van der Waals surface area contributed by atoms with E-state index in [1.54, 1.807) is 19.4 Å². The number of thioether (sulfide) groups is 1. The van der Waals surface area contributed by atoms with Crippen molar-refractivity contribution in [2.24, 2.45) is 0 Å². The first-order valence-corrected chi connectivity index (χ1v) is 6.82. The summed E-state index contributed by atoms with van der Waals surface area (Å²) < 4.78 is 29.4. The first kappa shape index (κ1) is 14.6. The van der Waals surface area contributed by atoms with Gasteiger partial charge in [-0.05, 0) is 12.1 Å². The summed E-state index contributed by atoms with van der Waals surface area (Å²) in [7, 11) is 1.63. The molecule has 0 aliphatic carbocycles. The van der Waals surface area contributed by atoms with Crippen molar-refractivity contribution in [2.45, 2.75) is 18.1 Å². The number of amides is 1. The van der Waals surface area contributed by atoms with E-state index in [4.69, 9.17) is 4.42 Å². The highest BCUT2D eigenvalue weighted by molar-refractivity contribution is 7.98. The van der Waals surface area contributed by atoms with E-state index in [1.807, 2.05) is 0 Å². The molecule has 2 aromatic heterocycles. The number of carbonyl (C=O) groups is 1. The molecule has 2 rings (SSSR count). The number of hydrogen-bond donors (Lipinski definition) is 1. The summed E-state index contributed by atoms with van der Waals surface area (Å²) in [5.41, 5.74) is 0.862. The number of aromatic nitrogens is 2. The lowest BCUT2D eigenvalue weighted by Crippen LogP contribution is -2.25. The van der Waals surface area contributed by atoms with Gasteiger partial charge in [-0.25, -0.2) is 0 Å². The van der Waals surface area contributed by atoms with Gasteiger partial charge in [0.2, 0.25) is 0 Å². The van der Waals surface area contributed by atoms with Crippen molar-refractivity contribution in [1.82, 2.24) is 15.1 Å². The smallest absolute Gasteiger partial charge is 0.289 e. The Labute approximate surface area is 118 Å². The number of alkyl halides is 2. The quantitative estimate of drug-likeness (QED) is 0.891. The minimum atomic E-state index is -2.46. The normalized spacial score (nSPS) is 11.0.